The van der Waals surface area contributed by atoms with Gasteiger partial charge >= 0.3 is 5.97 Å². The van der Waals surface area contributed by atoms with Crippen LogP contribution in [0.3, 0.4) is 0 Å². The number of carbonyl (C=O) groups is 2. The zero-order chi connectivity index (χ0) is 15.6. The maximum absolute atomic E-state index is 12.1. The van der Waals surface area contributed by atoms with Crippen LogP contribution >= 0.6 is 11.3 Å². The van der Waals surface area contributed by atoms with Gasteiger partial charge in [0.05, 0.1) is 10.6 Å². The van der Waals surface area contributed by atoms with E-state index in [9.17, 15) is 9.59 Å². The van der Waals surface area contributed by atoms with Crippen LogP contribution in [0.1, 0.15) is 46.6 Å². The summed E-state index contributed by atoms with van der Waals surface area (Å²) in [5, 5.41) is 14.2. The normalized spacial score (nSPS) is 11.2. The molecule has 1 aromatic heterocycles. The fourth-order valence-corrected chi connectivity index (χ4v) is 2.54. The van der Waals surface area contributed by atoms with Crippen molar-refractivity contribution >= 4 is 28.9 Å². The molecule has 6 heteroatoms. The molecule has 1 heterocycles. The summed E-state index contributed by atoms with van der Waals surface area (Å²) in [5.41, 5.74) is 0.796. The van der Waals surface area contributed by atoms with Gasteiger partial charge in [0.2, 0.25) is 0 Å². The molecule has 0 fully saturated rings. The third-order valence-corrected chi connectivity index (χ3v) is 4.01. The van der Waals surface area contributed by atoms with Crippen LogP contribution < -0.4 is 5.32 Å². The number of carbonyl (C=O) groups excluding carboxylic acids is 1. The van der Waals surface area contributed by atoms with Crippen LogP contribution in [-0.2, 0) is 5.41 Å². The number of carboxylic acid groups (broad SMARTS) is 1. The van der Waals surface area contributed by atoms with Crippen LogP contribution in [-0.4, -0.2) is 22.0 Å². The van der Waals surface area contributed by atoms with Gasteiger partial charge in [0.15, 0.2) is 0 Å². The number of rotatable bonds is 3. The first kappa shape index (κ1) is 15.2. The van der Waals surface area contributed by atoms with E-state index in [1.54, 1.807) is 17.5 Å². The van der Waals surface area contributed by atoms with E-state index in [1.165, 1.54) is 23.5 Å². The van der Waals surface area contributed by atoms with E-state index >= 15 is 0 Å². The van der Waals surface area contributed by atoms with Crippen LogP contribution in [0.15, 0.2) is 29.6 Å². The number of nitrogens with zero attached hydrogens (tertiary/aromatic N) is 1. The van der Waals surface area contributed by atoms with Crippen molar-refractivity contribution in [2.75, 3.05) is 5.32 Å². The minimum atomic E-state index is -1.03. The first-order chi connectivity index (χ1) is 9.77. The molecule has 2 rings (SSSR count). The lowest BCUT2D eigenvalue weighted by Gasteiger charge is -2.13. The summed E-state index contributed by atoms with van der Waals surface area (Å²) in [5.74, 6) is -1.38. The molecular formula is C15H16N2O3S. The maximum Gasteiger partial charge on any atom is 0.335 e. The Morgan fingerprint density at radius 2 is 2.00 bits per heavy atom. The zero-order valence-electron chi connectivity index (χ0n) is 12.0. The minimum Gasteiger partial charge on any atom is -0.478 e. The fraction of sp³-hybridized carbons (Fsp3) is 0.267. The number of anilines is 1. The lowest BCUT2D eigenvalue weighted by Crippen LogP contribution is -2.15. The summed E-state index contributed by atoms with van der Waals surface area (Å²) in [7, 11) is 0. The molecule has 0 aliphatic carbocycles. The Morgan fingerprint density at radius 1 is 1.29 bits per heavy atom. The van der Waals surface area contributed by atoms with Crippen LogP contribution in [0.25, 0.3) is 0 Å². The topological polar surface area (TPSA) is 79.3 Å². The van der Waals surface area contributed by atoms with Crippen molar-refractivity contribution in [3.63, 3.8) is 0 Å². The highest BCUT2D eigenvalue weighted by Crippen LogP contribution is 2.25. The molecule has 2 N–H and O–H groups in total. The van der Waals surface area contributed by atoms with Crippen molar-refractivity contribution in [2.24, 2.45) is 0 Å². The Hall–Kier alpha value is -2.21. The molecule has 0 radical (unpaired) electrons. The van der Waals surface area contributed by atoms with Crippen LogP contribution in [0.4, 0.5) is 5.69 Å². The van der Waals surface area contributed by atoms with Crippen molar-refractivity contribution in [1.29, 1.82) is 0 Å². The second-order valence-electron chi connectivity index (χ2n) is 5.63. The highest BCUT2D eigenvalue weighted by Gasteiger charge is 2.20. The van der Waals surface area contributed by atoms with Gasteiger partial charge in [-0.25, -0.2) is 9.78 Å². The molecule has 0 atom stereocenters. The van der Waals surface area contributed by atoms with Gasteiger partial charge in [-0.15, -0.1) is 11.3 Å². The Kier molecular flexibility index (Phi) is 4.09. The molecule has 0 bridgehead atoms. The van der Waals surface area contributed by atoms with Crippen molar-refractivity contribution in [3.8, 4) is 0 Å². The van der Waals surface area contributed by atoms with Gasteiger partial charge < -0.3 is 10.4 Å². The Balaban J connectivity index is 2.16. The number of aromatic carboxylic acids is 1. The average Bonchev–Trinajstić information content (AvgIpc) is 2.88. The molecular weight excluding hydrogens is 288 g/mol. The summed E-state index contributed by atoms with van der Waals surface area (Å²) >= 11 is 1.44. The number of aromatic nitrogens is 1. The predicted molar refractivity (Wildman–Crippen MR) is 82.2 cm³/mol. The molecule has 2 aromatic rings. The molecule has 0 unspecified atom stereocenters. The zero-order valence-corrected chi connectivity index (χ0v) is 12.8. The van der Waals surface area contributed by atoms with Gasteiger partial charge in [-0.3, -0.25) is 4.79 Å². The smallest absolute Gasteiger partial charge is 0.335 e. The number of nitrogens with one attached hydrogen (secondary N) is 1. The van der Waals surface area contributed by atoms with Crippen molar-refractivity contribution in [3.05, 3.63) is 45.9 Å². The maximum atomic E-state index is 12.1. The number of thiazole rings is 1. The van der Waals surface area contributed by atoms with E-state index in [4.69, 9.17) is 5.11 Å². The van der Waals surface area contributed by atoms with Gasteiger partial charge in [0.1, 0.15) is 5.69 Å². The van der Waals surface area contributed by atoms with E-state index in [1.807, 2.05) is 20.8 Å². The fourth-order valence-electron chi connectivity index (χ4n) is 1.65. The Labute approximate surface area is 126 Å². The van der Waals surface area contributed by atoms with E-state index < -0.39 is 5.97 Å². The molecule has 1 amide bonds. The third kappa shape index (κ3) is 3.66. The summed E-state index contributed by atoms with van der Waals surface area (Å²) in [6.45, 7) is 6.09. The van der Waals surface area contributed by atoms with E-state index in [0.717, 1.165) is 5.01 Å². The molecule has 110 valence electrons. The predicted octanol–water partition coefficient (Wildman–Crippen LogP) is 3.39. The number of benzene rings is 1. The van der Waals surface area contributed by atoms with Gasteiger partial charge in [0.25, 0.3) is 5.91 Å². The van der Waals surface area contributed by atoms with Gasteiger partial charge in [-0.2, -0.15) is 0 Å². The molecule has 0 saturated heterocycles. The second-order valence-corrected chi connectivity index (χ2v) is 6.49. The van der Waals surface area contributed by atoms with Gasteiger partial charge in [-0.1, -0.05) is 26.8 Å². The van der Waals surface area contributed by atoms with Crippen molar-refractivity contribution in [1.82, 2.24) is 4.98 Å². The first-order valence-electron chi connectivity index (χ1n) is 6.38. The lowest BCUT2D eigenvalue weighted by molar-refractivity contribution is 0.0696. The molecule has 0 spiro atoms. The second kappa shape index (κ2) is 5.65. The monoisotopic (exact) mass is 304 g/mol. The number of hydrogen-bond donors (Lipinski definition) is 2. The van der Waals surface area contributed by atoms with E-state index in [2.05, 4.69) is 10.3 Å². The number of hydrogen-bond acceptors (Lipinski definition) is 4. The average molecular weight is 304 g/mol. The molecule has 1 aromatic carbocycles. The first-order valence-corrected chi connectivity index (χ1v) is 7.26. The lowest BCUT2D eigenvalue weighted by atomic mass is 9.98. The van der Waals surface area contributed by atoms with Gasteiger partial charge in [0, 0.05) is 16.5 Å². The summed E-state index contributed by atoms with van der Waals surface area (Å²) in [6.07, 6.45) is 0. The van der Waals surface area contributed by atoms with E-state index in [-0.39, 0.29) is 16.9 Å². The number of carboxylic acids is 1. The van der Waals surface area contributed by atoms with Crippen LogP contribution in [0.5, 0.6) is 0 Å². The SMILES string of the molecule is CC(C)(C)c1nc(C(=O)Nc2cccc(C(=O)O)c2)cs1. The minimum absolute atomic E-state index is 0.105. The summed E-state index contributed by atoms with van der Waals surface area (Å²) in [6, 6.07) is 6.11. The summed E-state index contributed by atoms with van der Waals surface area (Å²) in [4.78, 5) is 27.3. The van der Waals surface area contributed by atoms with E-state index in [0.29, 0.717) is 11.4 Å². The largest absolute Gasteiger partial charge is 0.478 e. The highest BCUT2D eigenvalue weighted by molar-refractivity contribution is 7.10. The third-order valence-electron chi connectivity index (χ3n) is 2.75. The van der Waals surface area contributed by atoms with Crippen LogP contribution in [0.2, 0.25) is 0 Å². The highest BCUT2D eigenvalue weighted by atomic mass is 32.1. The molecule has 21 heavy (non-hydrogen) atoms. The Bertz CT molecular complexity index is 686. The Morgan fingerprint density at radius 3 is 2.57 bits per heavy atom. The molecule has 5 nitrogen and oxygen atoms in total. The quantitative estimate of drug-likeness (QED) is 0.911. The van der Waals surface area contributed by atoms with Crippen molar-refractivity contribution in [2.45, 2.75) is 26.2 Å². The molecule has 0 saturated carbocycles. The molecule has 0 aliphatic rings. The summed E-state index contributed by atoms with van der Waals surface area (Å²) < 4.78 is 0. The van der Waals surface area contributed by atoms with Crippen molar-refractivity contribution < 1.29 is 14.7 Å². The van der Waals surface area contributed by atoms with Crippen LogP contribution in [0, 0.1) is 0 Å². The van der Waals surface area contributed by atoms with Gasteiger partial charge in [-0.05, 0) is 18.2 Å². The standard InChI is InChI=1S/C15H16N2O3S/c1-15(2,3)14-17-11(8-21-14)12(18)16-10-6-4-5-9(7-10)13(19)20/h4-8H,1-3H3,(H,16,18)(H,19,20). The molecule has 0 aliphatic heterocycles. The number of amides is 1.